The van der Waals surface area contributed by atoms with E-state index in [4.69, 9.17) is 0 Å². The summed E-state index contributed by atoms with van der Waals surface area (Å²) in [5, 5.41) is 0. The minimum Gasteiger partial charge on any atom is -0.0905 e. The molecule has 0 heterocycles. The predicted molar refractivity (Wildman–Crippen MR) is 133 cm³/mol. The van der Waals surface area contributed by atoms with Gasteiger partial charge < -0.3 is 0 Å². The molecular weight excluding hydrogens is 372 g/mol. The van der Waals surface area contributed by atoms with Crippen LogP contribution in [0.15, 0.2) is 73.3 Å². The highest BCUT2D eigenvalue weighted by atomic mass is 14.4. The zero-order valence-corrected chi connectivity index (χ0v) is 19.5. The number of hydrogen-bond acceptors (Lipinski definition) is 0. The normalized spacial score (nSPS) is 16.0. The van der Waals surface area contributed by atoms with Crippen LogP contribution in [0.3, 0.4) is 0 Å². The van der Waals surface area contributed by atoms with Crippen LogP contribution < -0.4 is 0 Å². The summed E-state index contributed by atoms with van der Waals surface area (Å²) in [5.74, 6) is 6.49. The van der Waals surface area contributed by atoms with Gasteiger partial charge in [0.2, 0.25) is 0 Å². The van der Waals surface area contributed by atoms with Gasteiger partial charge in [-0.2, -0.15) is 0 Å². The average Bonchev–Trinajstić information content (AvgIpc) is 2.76. The highest BCUT2D eigenvalue weighted by Crippen LogP contribution is 2.47. The van der Waals surface area contributed by atoms with E-state index in [0.717, 1.165) is 22.3 Å². The second-order valence-corrected chi connectivity index (χ2v) is 10.2. The molecule has 0 nitrogen and oxygen atoms in total. The van der Waals surface area contributed by atoms with Crippen LogP contribution in [0, 0.1) is 18.8 Å². The number of rotatable bonds is 2. The van der Waals surface area contributed by atoms with Crippen LogP contribution in [-0.2, 0) is 10.8 Å². The summed E-state index contributed by atoms with van der Waals surface area (Å²) in [7, 11) is 0. The second-order valence-electron chi connectivity index (χ2n) is 10.2. The molecule has 1 aliphatic rings. The van der Waals surface area contributed by atoms with E-state index in [-0.39, 0.29) is 10.8 Å². The van der Waals surface area contributed by atoms with E-state index < -0.39 is 0 Å². The van der Waals surface area contributed by atoms with Crippen molar-refractivity contribution in [2.45, 2.75) is 58.3 Å². The van der Waals surface area contributed by atoms with Gasteiger partial charge in [-0.1, -0.05) is 88.6 Å². The van der Waals surface area contributed by atoms with Crippen molar-refractivity contribution in [2.24, 2.45) is 0 Å². The number of benzene rings is 3. The smallest absolute Gasteiger partial charge is 0.0249 e. The van der Waals surface area contributed by atoms with E-state index in [1.54, 1.807) is 0 Å². The van der Waals surface area contributed by atoms with Gasteiger partial charge in [0.15, 0.2) is 0 Å². The number of aryl methyl sites for hydroxylation is 1. The Morgan fingerprint density at radius 2 is 1.26 bits per heavy atom. The molecule has 0 N–H and O–H groups in total. The van der Waals surface area contributed by atoms with Crippen molar-refractivity contribution in [3.63, 3.8) is 0 Å². The molecule has 3 aromatic rings. The number of hydrogen-bond donors (Lipinski definition) is 0. The Labute approximate surface area is 188 Å². The molecule has 0 amide bonds. The van der Waals surface area contributed by atoms with E-state index in [1.165, 1.54) is 35.1 Å². The van der Waals surface area contributed by atoms with Gasteiger partial charge in [-0.3, -0.25) is 0 Å². The fourth-order valence-electron chi connectivity index (χ4n) is 4.62. The molecule has 0 saturated heterocycles. The summed E-state index contributed by atoms with van der Waals surface area (Å²) in [6, 6.07) is 23.4. The molecule has 0 fully saturated rings. The molecule has 4 rings (SSSR count). The maximum absolute atomic E-state index is 4.48. The fourth-order valence-corrected chi connectivity index (χ4v) is 4.62. The second kappa shape index (κ2) is 7.90. The van der Waals surface area contributed by atoms with E-state index >= 15 is 0 Å². The van der Waals surface area contributed by atoms with Crippen molar-refractivity contribution in [3.8, 4) is 11.8 Å². The van der Waals surface area contributed by atoms with Crippen LogP contribution in [-0.4, -0.2) is 0 Å². The van der Waals surface area contributed by atoms with Crippen LogP contribution >= 0.6 is 0 Å². The number of fused-ring (bicyclic) bond motifs is 1. The molecule has 0 aromatic heterocycles. The van der Waals surface area contributed by atoms with Crippen LogP contribution in [0.2, 0.25) is 0 Å². The highest BCUT2D eigenvalue weighted by Gasteiger charge is 2.37. The molecule has 0 saturated carbocycles. The standard InChI is InChI=1S/C31H32/c1-22-20-28-29(31(5,6)19-18-30(28,3)4)21-27(22)23(2)26-16-14-25(15-17-26)13-12-24-10-8-7-9-11-24/h7-11,14-17,20-21H,2,18-19H2,1,3-6H3. The van der Waals surface area contributed by atoms with Gasteiger partial charge in [-0.05, 0) is 88.3 Å². The van der Waals surface area contributed by atoms with Crippen molar-refractivity contribution < 1.29 is 0 Å². The first-order chi connectivity index (χ1) is 14.7. The van der Waals surface area contributed by atoms with E-state index in [2.05, 4.69) is 89.4 Å². The lowest BCUT2D eigenvalue weighted by molar-refractivity contribution is 0.331. The third-order valence-corrected chi connectivity index (χ3v) is 6.88. The maximum Gasteiger partial charge on any atom is 0.0249 e. The Kier molecular flexibility index (Phi) is 5.40. The first-order valence-corrected chi connectivity index (χ1v) is 11.2. The summed E-state index contributed by atoms with van der Waals surface area (Å²) in [6.45, 7) is 16.2. The van der Waals surface area contributed by atoms with Gasteiger partial charge in [0.05, 0.1) is 0 Å². The van der Waals surface area contributed by atoms with Crippen molar-refractivity contribution in [2.75, 3.05) is 0 Å². The Morgan fingerprint density at radius 1 is 0.742 bits per heavy atom. The van der Waals surface area contributed by atoms with Crippen molar-refractivity contribution in [3.05, 3.63) is 112 Å². The predicted octanol–water partition coefficient (Wildman–Crippen LogP) is 7.81. The van der Waals surface area contributed by atoms with Gasteiger partial charge in [0.25, 0.3) is 0 Å². The van der Waals surface area contributed by atoms with Crippen LogP contribution in [0.4, 0.5) is 0 Å². The van der Waals surface area contributed by atoms with Crippen LogP contribution in [0.1, 0.15) is 79.5 Å². The Morgan fingerprint density at radius 3 is 1.84 bits per heavy atom. The third-order valence-electron chi connectivity index (χ3n) is 6.88. The molecule has 0 radical (unpaired) electrons. The molecule has 0 unspecified atom stereocenters. The topological polar surface area (TPSA) is 0 Å². The van der Waals surface area contributed by atoms with Gasteiger partial charge >= 0.3 is 0 Å². The molecule has 0 spiro atoms. The molecule has 3 aromatic carbocycles. The first-order valence-electron chi connectivity index (χ1n) is 11.2. The summed E-state index contributed by atoms with van der Waals surface area (Å²) in [6.07, 6.45) is 2.45. The van der Waals surface area contributed by atoms with E-state index in [1.807, 2.05) is 30.3 Å². The zero-order valence-electron chi connectivity index (χ0n) is 19.5. The van der Waals surface area contributed by atoms with E-state index in [0.29, 0.717) is 0 Å². The first kappa shape index (κ1) is 21.2. The lowest BCUT2D eigenvalue weighted by Gasteiger charge is -2.42. The average molecular weight is 405 g/mol. The molecule has 0 bridgehead atoms. The van der Waals surface area contributed by atoms with E-state index in [9.17, 15) is 0 Å². The molecule has 0 aliphatic heterocycles. The minimum atomic E-state index is 0.199. The quantitative estimate of drug-likeness (QED) is 0.382. The lowest BCUT2D eigenvalue weighted by Crippen LogP contribution is -2.34. The summed E-state index contributed by atoms with van der Waals surface area (Å²) in [5.41, 5.74) is 10.3. The SMILES string of the molecule is C=C(c1ccc(C#Cc2ccccc2)cc1)c1cc2c(cc1C)C(C)(C)CCC2(C)C. The van der Waals surface area contributed by atoms with Crippen molar-refractivity contribution >= 4 is 5.57 Å². The summed E-state index contributed by atoms with van der Waals surface area (Å²) < 4.78 is 0. The van der Waals surface area contributed by atoms with Crippen LogP contribution in [0.5, 0.6) is 0 Å². The molecule has 31 heavy (non-hydrogen) atoms. The van der Waals surface area contributed by atoms with Gasteiger partial charge in [0, 0.05) is 11.1 Å². The lowest BCUT2D eigenvalue weighted by atomic mass is 9.62. The highest BCUT2D eigenvalue weighted by molar-refractivity contribution is 5.81. The molecular formula is C31H32. The Balaban J connectivity index is 1.65. The molecule has 1 aliphatic carbocycles. The van der Waals surface area contributed by atoms with Gasteiger partial charge in [-0.25, -0.2) is 0 Å². The molecule has 0 heteroatoms. The molecule has 156 valence electrons. The molecule has 0 atom stereocenters. The Hall–Kier alpha value is -3.04. The third kappa shape index (κ3) is 4.24. The largest absolute Gasteiger partial charge is 0.0905 e. The van der Waals surface area contributed by atoms with Crippen molar-refractivity contribution in [1.82, 2.24) is 0 Å². The van der Waals surface area contributed by atoms with Crippen molar-refractivity contribution in [1.29, 1.82) is 0 Å². The van der Waals surface area contributed by atoms with Crippen LogP contribution in [0.25, 0.3) is 5.57 Å². The summed E-state index contributed by atoms with van der Waals surface area (Å²) in [4.78, 5) is 0. The van der Waals surface area contributed by atoms with Gasteiger partial charge in [-0.15, -0.1) is 0 Å². The minimum absolute atomic E-state index is 0.199. The Bertz CT molecular complexity index is 1180. The summed E-state index contributed by atoms with van der Waals surface area (Å²) >= 11 is 0. The zero-order chi connectivity index (χ0) is 22.2. The fraction of sp³-hybridized carbons (Fsp3) is 0.290. The van der Waals surface area contributed by atoms with Gasteiger partial charge in [0.1, 0.15) is 0 Å². The monoisotopic (exact) mass is 404 g/mol. The maximum atomic E-state index is 4.48.